The van der Waals surface area contributed by atoms with Gasteiger partial charge in [0, 0.05) is 49.2 Å². The Labute approximate surface area is 199 Å². The minimum absolute atomic E-state index is 0.0903. The number of benzene rings is 2. The number of anilines is 1. The molecule has 2 heterocycles. The number of aryl methyl sites for hydroxylation is 1. The molecule has 2 aromatic carbocycles. The van der Waals surface area contributed by atoms with Crippen molar-refractivity contribution in [3.63, 3.8) is 0 Å². The first-order valence-electron chi connectivity index (χ1n) is 11.2. The molecule has 0 saturated carbocycles. The Kier molecular flexibility index (Phi) is 7.99. The van der Waals surface area contributed by atoms with E-state index in [0.717, 1.165) is 61.8 Å². The van der Waals surface area contributed by atoms with Gasteiger partial charge in [0.25, 0.3) is 0 Å². The maximum Gasteiger partial charge on any atom is 0.228 e. The van der Waals surface area contributed by atoms with Crippen LogP contribution in [0.3, 0.4) is 0 Å². The average Bonchev–Trinajstić information content (AvgIpc) is 3.25. The zero-order valence-electron chi connectivity index (χ0n) is 18.8. The molecule has 0 unspecified atom stereocenters. The van der Waals surface area contributed by atoms with Gasteiger partial charge >= 0.3 is 0 Å². The lowest BCUT2D eigenvalue weighted by Crippen LogP contribution is -2.37. The van der Waals surface area contributed by atoms with Crippen molar-refractivity contribution >= 4 is 23.2 Å². The van der Waals surface area contributed by atoms with E-state index in [1.807, 2.05) is 43.4 Å². The quantitative estimate of drug-likeness (QED) is 0.480. The fourth-order valence-electron chi connectivity index (χ4n) is 3.86. The molecular formula is C25H29ClN4O3. The molecule has 7 nitrogen and oxygen atoms in total. The van der Waals surface area contributed by atoms with Gasteiger partial charge in [0.15, 0.2) is 0 Å². The van der Waals surface area contributed by atoms with E-state index >= 15 is 0 Å². The maximum absolute atomic E-state index is 12.6. The van der Waals surface area contributed by atoms with Crippen molar-refractivity contribution in [3.05, 3.63) is 65.3 Å². The molecule has 1 saturated heterocycles. The molecular weight excluding hydrogens is 440 g/mol. The summed E-state index contributed by atoms with van der Waals surface area (Å²) in [6, 6.07) is 15.0. The van der Waals surface area contributed by atoms with Crippen LogP contribution in [-0.2, 0) is 23.0 Å². The van der Waals surface area contributed by atoms with Crippen molar-refractivity contribution in [3.8, 4) is 17.0 Å². The van der Waals surface area contributed by atoms with Gasteiger partial charge in [-0.25, -0.2) is 0 Å². The van der Waals surface area contributed by atoms with Crippen LogP contribution in [0.5, 0.6) is 5.75 Å². The van der Waals surface area contributed by atoms with Crippen molar-refractivity contribution in [1.82, 2.24) is 14.7 Å². The third-order valence-electron chi connectivity index (χ3n) is 5.62. The normalized spacial score (nSPS) is 14.2. The van der Waals surface area contributed by atoms with E-state index in [1.54, 1.807) is 23.0 Å². The highest BCUT2D eigenvalue weighted by molar-refractivity contribution is 6.30. The smallest absolute Gasteiger partial charge is 0.228 e. The Morgan fingerprint density at radius 2 is 1.94 bits per heavy atom. The molecule has 1 aliphatic heterocycles. The summed E-state index contributed by atoms with van der Waals surface area (Å²) in [5.74, 6) is 0.684. The number of ether oxygens (including phenoxy) is 2. The Hall–Kier alpha value is -2.87. The van der Waals surface area contributed by atoms with E-state index in [2.05, 4.69) is 15.3 Å². The third kappa shape index (κ3) is 6.57. The van der Waals surface area contributed by atoms with E-state index in [4.69, 9.17) is 21.1 Å². The molecule has 0 bridgehead atoms. The van der Waals surface area contributed by atoms with Gasteiger partial charge in [-0.2, -0.15) is 5.10 Å². The number of amides is 1. The van der Waals surface area contributed by atoms with E-state index in [1.165, 1.54) is 0 Å². The number of hydrogen-bond donors (Lipinski definition) is 1. The second kappa shape index (κ2) is 11.3. The second-order valence-electron chi connectivity index (χ2n) is 8.06. The van der Waals surface area contributed by atoms with Crippen molar-refractivity contribution in [2.75, 3.05) is 44.8 Å². The molecule has 1 fully saturated rings. The molecule has 1 amide bonds. The number of nitrogens with zero attached hydrogens (tertiary/aromatic N) is 3. The summed E-state index contributed by atoms with van der Waals surface area (Å²) in [5.41, 5.74) is 3.44. The van der Waals surface area contributed by atoms with Gasteiger partial charge in [0.2, 0.25) is 5.91 Å². The summed E-state index contributed by atoms with van der Waals surface area (Å²) in [4.78, 5) is 15.0. The molecule has 1 N–H and O–H groups in total. The van der Waals surface area contributed by atoms with E-state index in [9.17, 15) is 4.79 Å². The van der Waals surface area contributed by atoms with Gasteiger partial charge in [-0.15, -0.1) is 0 Å². The topological polar surface area (TPSA) is 68.6 Å². The lowest BCUT2D eigenvalue weighted by atomic mass is 10.1. The Balaban J connectivity index is 1.41. The first kappa shape index (κ1) is 23.3. The number of aromatic nitrogens is 2. The highest BCUT2D eigenvalue weighted by Crippen LogP contribution is 2.32. The van der Waals surface area contributed by atoms with Crippen LogP contribution in [0.1, 0.15) is 12.0 Å². The van der Waals surface area contributed by atoms with Gasteiger partial charge in [0.05, 0.1) is 31.9 Å². The third-order valence-corrected chi connectivity index (χ3v) is 5.87. The Morgan fingerprint density at radius 1 is 1.15 bits per heavy atom. The molecule has 1 aliphatic rings. The van der Waals surface area contributed by atoms with Gasteiger partial charge < -0.3 is 14.8 Å². The first-order valence-corrected chi connectivity index (χ1v) is 11.6. The van der Waals surface area contributed by atoms with E-state index in [0.29, 0.717) is 17.3 Å². The molecule has 3 aromatic rings. The lowest BCUT2D eigenvalue weighted by molar-refractivity contribution is -0.115. The predicted octanol–water partition coefficient (Wildman–Crippen LogP) is 4.02. The van der Waals surface area contributed by atoms with E-state index < -0.39 is 0 Å². The molecule has 8 heteroatoms. The van der Waals surface area contributed by atoms with Gasteiger partial charge in [-0.05, 0) is 48.4 Å². The standard InChI is InChI=1S/C25H29ClN4O3/c1-29-23(9-10-27-29)22-18-21(28-25(31)17-19-3-5-20(26)6-4-19)7-8-24(22)33-14-2-11-30-12-15-32-16-13-30/h3-10,18H,2,11-17H2,1H3,(H,28,31). The minimum atomic E-state index is -0.0903. The SMILES string of the molecule is Cn1nccc1-c1cc(NC(=O)Cc2ccc(Cl)cc2)ccc1OCCCN1CCOCC1. The monoisotopic (exact) mass is 468 g/mol. The van der Waals surface area contributed by atoms with Crippen molar-refractivity contribution in [1.29, 1.82) is 0 Å². The largest absolute Gasteiger partial charge is 0.493 e. The summed E-state index contributed by atoms with van der Waals surface area (Å²) < 4.78 is 13.4. The Bertz CT molecular complexity index is 1060. The summed E-state index contributed by atoms with van der Waals surface area (Å²) in [6.45, 7) is 5.16. The number of rotatable bonds is 9. The maximum atomic E-state index is 12.6. The van der Waals surface area contributed by atoms with Gasteiger partial charge in [-0.1, -0.05) is 23.7 Å². The number of carbonyl (C=O) groups is 1. The fraction of sp³-hybridized carbons (Fsp3) is 0.360. The Morgan fingerprint density at radius 3 is 2.67 bits per heavy atom. The van der Waals surface area contributed by atoms with Crippen LogP contribution < -0.4 is 10.1 Å². The summed E-state index contributed by atoms with van der Waals surface area (Å²) in [7, 11) is 1.89. The summed E-state index contributed by atoms with van der Waals surface area (Å²) in [6.07, 6.45) is 2.96. The molecule has 33 heavy (non-hydrogen) atoms. The van der Waals surface area contributed by atoms with Crippen LogP contribution in [0.25, 0.3) is 11.3 Å². The minimum Gasteiger partial charge on any atom is -0.493 e. The zero-order chi connectivity index (χ0) is 23.0. The molecule has 1 aromatic heterocycles. The fourth-order valence-corrected chi connectivity index (χ4v) is 3.99. The predicted molar refractivity (Wildman–Crippen MR) is 130 cm³/mol. The van der Waals surface area contributed by atoms with Crippen LogP contribution in [0.2, 0.25) is 5.02 Å². The summed E-state index contributed by atoms with van der Waals surface area (Å²) >= 11 is 5.93. The molecule has 0 spiro atoms. The number of halogens is 1. The van der Waals surface area contributed by atoms with Crippen LogP contribution in [0.4, 0.5) is 5.69 Å². The molecule has 174 valence electrons. The highest BCUT2D eigenvalue weighted by atomic mass is 35.5. The molecule has 0 radical (unpaired) electrons. The van der Waals surface area contributed by atoms with Crippen LogP contribution in [0, 0.1) is 0 Å². The van der Waals surface area contributed by atoms with Crippen LogP contribution in [0.15, 0.2) is 54.7 Å². The van der Waals surface area contributed by atoms with Crippen molar-refractivity contribution < 1.29 is 14.3 Å². The zero-order valence-corrected chi connectivity index (χ0v) is 19.6. The second-order valence-corrected chi connectivity index (χ2v) is 8.49. The lowest BCUT2D eigenvalue weighted by Gasteiger charge is -2.26. The highest BCUT2D eigenvalue weighted by Gasteiger charge is 2.14. The first-order chi connectivity index (χ1) is 16.1. The number of morpholine rings is 1. The van der Waals surface area contributed by atoms with Gasteiger partial charge in [-0.3, -0.25) is 14.4 Å². The molecule has 0 atom stereocenters. The van der Waals surface area contributed by atoms with Gasteiger partial charge in [0.1, 0.15) is 5.75 Å². The van der Waals surface area contributed by atoms with Crippen LogP contribution >= 0.6 is 11.6 Å². The summed E-state index contributed by atoms with van der Waals surface area (Å²) in [5, 5.41) is 7.93. The molecule has 0 aliphatic carbocycles. The average molecular weight is 469 g/mol. The molecule has 4 rings (SSSR count). The van der Waals surface area contributed by atoms with E-state index in [-0.39, 0.29) is 12.3 Å². The number of hydrogen-bond acceptors (Lipinski definition) is 5. The number of carbonyl (C=O) groups excluding carboxylic acids is 1. The van der Waals surface area contributed by atoms with Crippen molar-refractivity contribution in [2.45, 2.75) is 12.8 Å². The van der Waals surface area contributed by atoms with Crippen molar-refractivity contribution in [2.24, 2.45) is 7.05 Å². The number of nitrogens with one attached hydrogen (secondary N) is 1. The van der Waals surface area contributed by atoms with Crippen LogP contribution in [-0.4, -0.2) is 60.0 Å².